The van der Waals surface area contributed by atoms with Gasteiger partial charge in [-0.2, -0.15) is 0 Å². The Morgan fingerprint density at radius 1 is 1.24 bits per heavy atom. The number of hydrogen-bond donors (Lipinski definition) is 4. The number of rotatable bonds is 6. The van der Waals surface area contributed by atoms with Gasteiger partial charge in [0.15, 0.2) is 0 Å². The lowest BCUT2D eigenvalue weighted by atomic mass is 9.94. The van der Waals surface area contributed by atoms with E-state index in [0.717, 1.165) is 0 Å². The van der Waals surface area contributed by atoms with Gasteiger partial charge < -0.3 is 30.5 Å². The summed E-state index contributed by atoms with van der Waals surface area (Å²) in [6, 6.07) is 10.5. The van der Waals surface area contributed by atoms with Crippen molar-refractivity contribution in [3.8, 4) is 17.2 Å². The molecule has 1 aliphatic heterocycles. The lowest BCUT2D eigenvalue weighted by molar-refractivity contribution is -0.113. The number of carbonyl (C=O) groups excluding carboxylic acids is 2. The largest absolute Gasteiger partial charge is 0.507 e. The molecule has 0 aromatic heterocycles. The van der Waals surface area contributed by atoms with Crippen LogP contribution in [0.25, 0.3) is 0 Å². The van der Waals surface area contributed by atoms with Crippen molar-refractivity contribution in [1.82, 2.24) is 10.6 Å². The highest BCUT2D eigenvalue weighted by molar-refractivity contribution is 6.07. The summed E-state index contributed by atoms with van der Waals surface area (Å²) >= 11 is 0. The predicted molar refractivity (Wildman–Crippen MR) is 108 cm³/mol. The average Bonchev–Trinajstić information content (AvgIpc) is 2.68. The van der Waals surface area contributed by atoms with Gasteiger partial charge in [0.1, 0.15) is 17.2 Å². The number of ether oxygens (including phenoxy) is 2. The van der Waals surface area contributed by atoms with Gasteiger partial charge in [-0.25, -0.2) is 4.79 Å². The molecule has 0 saturated heterocycles. The Bertz CT molecular complexity index is 971. The summed E-state index contributed by atoms with van der Waals surface area (Å²) in [4.78, 5) is 25.1. The average molecular weight is 397 g/mol. The van der Waals surface area contributed by atoms with Crippen LogP contribution >= 0.6 is 0 Å². The van der Waals surface area contributed by atoms with Crippen molar-refractivity contribution in [2.75, 3.05) is 19.0 Å². The summed E-state index contributed by atoms with van der Waals surface area (Å²) in [5.74, 6) is 0.485. The first-order chi connectivity index (χ1) is 13.9. The Kier molecular flexibility index (Phi) is 5.92. The second-order valence-corrected chi connectivity index (χ2v) is 6.38. The molecule has 0 bridgehead atoms. The first kappa shape index (κ1) is 20.1. The molecule has 0 aliphatic carbocycles. The van der Waals surface area contributed by atoms with E-state index in [2.05, 4.69) is 16.0 Å². The van der Waals surface area contributed by atoms with Gasteiger partial charge in [-0.1, -0.05) is 12.1 Å². The number of anilines is 1. The summed E-state index contributed by atoms with van der Waals surface area (Å²) in [5.41, 5.74) is 1.54. The van der Waals surface area contributed by atoms with Gasteiger partial charge in [0.25, 0.3) is 5.91 Å². The first-order valence-electron chi connectivity index (χ1n) is 9.13. The highest BCUT2D eigenvalue weighted by atomic mass is 16.5. The monoisotopic (exact) mass is 397 g/mol. The molecule has 0 unspecified atom stereocenters. The molecule has 8 heteroatoms. The van der Waals surface area contributed by atoms with E-state index in [4.69, 9.17) is 9.47 Å². The molecule has 8 nitrogen and oxygen atoms in total. The van der Waals surface area contributed by atoms with Crippen molar-refractivity contribution in [3.63, 3.8) is 0 Å². The van der Waals surface area contributed by atoms with E-state index in [1.54, 1.807) is 43.3 Å². The van der Waals surface area contributed by atoms with E-state index in [0.29, 0.717) is 35.1 Å². The number of phenolic OH excluding ortho intramolecular Hbond substituents is 1. The SMILES string of the molecule is CCOc1ccc([C@@H]2NC(=O)NC(C)=C2C(=O)Nc2ccccc2OC)c(O)c1. The van der Waals surface area contributed by atoms with Crippen molar-refractivity contribution in [2.24, 2.45) is 0 Å². The number of aromatic hydroxyl groups is 1. The number of hydrogen-bond acceptors (Lipinski definition) is 5. The molecule has 0 saturated carbocycles. The standard InChI is InChI=1S/C21H23N3O5/c1-4-29-13-9-10-14(16(25)11-13)19-18(12(2)22-21(27)24-19)20(26)23-15-7-5-6-8-17(15)28-3/h5-11,19,25H,4H2,1-3H3,(H,23,26)(H2,22,24,27)/t19-/m0/s1. The zero-order chi connectivity index (χ0) is 21.0. The number of nitrogens with one attached hydrogen (secondary N) is 3. The quantitative estimate of drug-likeness (QED) is 0.599. The minimum Gasteiger partial charge on any atom is -0.507 e. The molecule has 29 heavy (non-hydrogen) atoms. The summed E-state index contributed by atoms with van der Waals surface area (Å²) in [6.07, 6.45) is 0. The highest BCUT2D eigenvalue weighted by Crippen LogP contribution is 2.35. The van der Waals surface area contributed by atoms with Gasteiger partial charge in [0.05, 0.1) is 31.0 Å². The molecular weight excluding hydrogens is 374 g/mol. The maximum Gasteiger partial charge on any atom is 0.319 e. The maximum absolute atomic E-state index is 13.1. The zero-order valence-electron chi connectivity index (χ0n) is 16.4. The van der Waals surface area contributed by atoms with E-state index in [1.807, 2.05) is 6.92 Å². The fraction of sp³-hybridized carbons (Fsp3) is 0.238. The lowest BCUT2D eigenvalue weighted by Gasteiger charge is -2.29. The Hall–Kier alpha value is -3.68. The predicted octanol–water partition coefficient (Wildman–Crippen LogP) is 3.07. The molecule has 1 heterocycles. The first-order valence-corrected chi connectivity index (χ1v) is 9.13. The molecule has 3 amide bonds. The van der Waals surface area contributed by atoms with Gasteiger partial charge in [-0.3, -0.25) is 4.79 Å². The van der Waals surface area contributed by atoms with Gasteiger partial charge in [-0.15, -0.1) is 0 Å². The minimum absolute atomic E-state index is 0.0847. The third kappa shape index (κ3) is 4.26. The number of allylic oxidation sites excluding steroid dienone is 1. The molecule has 2 aromatic carbocycles. The summed E-state index contributed by atoms with van der Waals surface area (Å²) in [6.45, 7) is 3.92. The summed E-state index contributed by atoms with van der Waals surface area (Å²) in [7, 11) is 1.51. The number of carbonyl (C=O) groups is 2. The molecule has 2 aromatic rings. The molecule has 0 spiro atoms. The Morgan fingerprint density at radius 3 is 2.69 bits per heavy atom. The van der Waals surface area contributed by atoms with E-state index in [1.165, 1.54) is 13.2 Å². The number of methoxy groups -OCH3 is 1. The molecule has 1 atom stereocenters. The molecular formula is C21H23N3O5. The number of phenols is 1. The van der Waals surface area contributed by atoms with Crippen molar-refractivity contribution in [3.05, 3.63) is 59.3 Å². The Balaban J connectivity index is 1.97. The molecule has 3 rings (SSSR count). The van der Waals surface area contributed by atoms with Crippen LogP contribution in [0.5, 0.6) is 17.2 Å². The van der Waals surface area contributed by atoms with E-state index >= 15 is 0 Å². The molecule has 0 radical (unpaired) electrons. The highest BCUT2D eigenvalue weighted by Gasteiger charge is 2.33. The fourth-order valence-electron chi connectivity index (χ4n) is 3.19. The molecule has 4 N–H and O–H groups in total. The fourth-order valence-corrected chi connectivity index (χ4v) is 3.19. The van der Waals surface area contributed by atoms with Crippen LogP contribution in [-0.2, 0) is 4.79 Å². The third-order valence-corrected chi connectivity index (χ3v) is 4.49. The van der Waals surface area contributed by atoms with Crippen LogP contribution in [0.15, 0.2) is 53.7 Å². The topological polar surface area (TPSA) is 109 Å². The lowest BCUT2D eigenvalue weighted by Crippen LogP contribution is -2.46. The summed E-state index contributed by atoms with van der Waals surface area (Å²) in [5, 5.41) is 18.6. The zero-order valence-corrected chi connectivity index (χ0v) is 16.4. The van der Waals surface area contributed by atoms with Crippen LogP contribution in [0.2, 0.25) is 0 Å². The van der Waals surface area contributed by atoms with Gasteiger partial charge >= 0.3 is 6.03 Å². The normalized spacial score (nSPS) is 16.0. The van der Waals surface area contributed by atoms with Gasteiger partial charge in [0, 0.05) is 17.3 Å². The van der Waals surface area contributed by atoms with Gasteiger partial charge in [0.2, 0.25) is 0 Å². The van der Waals surface area contributed by atoms with Crippen LogP contribution in [0, 0.1) is 0 Å². The van der Waals surface area contributed by atoms with Crippen LogP contribution < -0.4 is 25.4 Å². The third-order valence-electron chi connectivity index (χ3n) is 4.49. The van der Waals surface area contributed by atoms with Crippen LogP contribution in [-0.4, -0.2) is 30.8 Å². The van der Waals surface area contributed by atoms with Crippen molar-refractivity contribution in [2.45, 2.75) is 19.9 Å². The smallest absolute Gasteiger partial charge is 0.319 e. The van der Waals surface area contributed by atoms with Crippen molar-refractivity contribution in [1.29, 1.82) is 0 Å². The Morgan fingerprint density at radius 2 is 2.00 bits per heavy atom. The van der Waals surface area contributed by atoms with Crippen molar-refractivity contribution >= 4 is 17.6 Å². The maximum atomic E-state index is 13.1. The van der Waals surface area contributed by atoms with E-state index in [9.17, 15) is 14.7 Å². The van der Waals surface area contributed by atoms with Crippen LogP contribution in [0.4, 0.5) is 10.5 Å². The second-order valence-electron chi connectivity index (χ2n) is 6.38. The number of urea groups is 1. The molecule has 1 aliphatic rings. The van der Waals surface area contributed by atoms with E-state index in [-0.39, 0.29) is 11.3 Å². The second kappa shape index (κ2) is 8.55. The van der Waals surface area contributed by atoms with Crippen LogP contribution in [0.3, 0.4) is 0 Å². The van der Waals surface area contributed by atoms with Crippen molar-refractivity contribution < 1.29 is 24.2 Å². The number of para-hydroxylation sites is 2. The number of amides is 3. The molecule has 152 valence electrons. The van der Waals surface area contributed by atoms with Crippen LogP contribution in [0.1, 0.15) is 25.5 Å². The van der Waals surface area contributed by atoms with Gasteiger partial charge in [-0.05, 0) is 38.1 Å². The number of benzene rings is 2. The molecule has 0 fully saturated rings. The minimum atomic E-state index is -0.839. The van der Waals surface area contributed by atoms with E-state index < -0.39 is 18.0 Å². The summed E-state index contributed by atoms with van der Waals surface area (Å²) < 4.78 is 10.7. The Labute approximate surface area is 168 Å².